The van der Waals surface area contributed by atoms with E-state index in [9.17, 15) is 14.7 Å². The van der Waals surface area contributed by atoms with Gasteiger partial charge in [-0.2, -0.15) is 0 Å². The number of nitrogens with zero attached hydrogens (tertiary/aromatic N) is 1. The first-order valence-corrected chi connectivity index (χ1v) is 15.6. The van der Waals surface area contributed by atoms with E-state index in [2.05, 4.69) is 45.4 Å². The first kappa shape index (κ1) is 30.0. The van der Waals surface area contributed by atoms with Gasteiger partial charge >= 0.3 is 5.97 Å². The normalized spacial score (nSPS) is 39.5. The van der Waals surface area contributed by atoms with Crippen molar-refractivity contribution in [3.63, 3.8) is 0 Å². The van der Waals surface area contributed by atoms with Crippen LogP contribution in [0, 0.1) is 39.9 Å². The molecule has 2 saturated carbocycles. The second-order valence-electron chi connectivity index (χ2n) is 14.1. The van der Waals surface area contributed by atoms with Crippen LogP contribution < -0.4 is 4.74 Å². The van der Waals surface area contributed by atoms with Crippen LogP contribution in [0.2, 0.25) is 0 Å². The standard InChI is InChI=1S/C35H49NO5/c1-7-33(4)21-29(34(5)23(2)12-16-35(24(3)32(33)39)17-13-28(37)31(34)35)41-30(38)20-25-8-10-27(11-9-25)40-22-26-14-18-36(6)19-15-26/h7-11,13,17,23-24,26,29,31-32,39H,1,12,14-16,18-22H2,2-6H3/t23-,24+,29-,31-,32+,33-,34+,35+/m1/s1. The number of benzene rings is 1. The number of allylic oxidation sites excluding steroid dienone is 2. The van der Waals surface area contributed by atoms with E-state index in [-0.39, 0.29) is 35.9 Å². The Hall–Kier alpha value is -2.44. The van der Waals surface area contributed by atoms with Crippen molar-refractivity contribution in [2.45, 2.75) is 78.4 Å². The second kappa shape index (κ2) is 11.3. The van der Waals surface area contributed by atoms with Gasteiger partial charge in [-0.1, -0.05) is 52.0 Å². The van der Waals surface area contributed by atoms with Crippen molar-refractivity contribution in [1.29, 1.82) is 0 Å². The molecule has 4 aliphatic rings. The number of carbonyl (C=O) groups excluding carboxylic acids is 2. The maximum atomic E-state index is 13.5. The van der Waals surface area contributed by atoms with Crippen molar-refractivity contribution in [1.82, 2.24) is 4.90 Å². The molecule has 224 valence electrons. The molecule has 3 fully saturated rings. The number of carbonyl (C=O) groups is 2. The Balaban J connectivity index is 1.32. The molecule has 0 unspecified atom stereocenters. The molecule has 0 radical (unpaired) electrons. The lowest BCUT2D eigenvalue weighted by atomic mass is 9.44. The highest BCUT2D eigenvalue weighted by atomic mass is 16.5. The minimum Gasteiger partial charge on any atom is -0.493 e. The fourth-order valence-corrected chi connectivity index (χ4v) is 8.51. The molecule has 6 heteroatoms. The third kappa shape index (κ3) is 5.31. The topological polar surface area (TPSA) is 76.1 Å². The highest BCUT2D eigenvalue weighted by Gasteiger charge is 2.67. The molecule has 8 atom stereocenters. The number of esters is 1. The van der Waals surface area contributed by atoms with Crippen molar-refractivity contribution < 1.29 is 24.2 Å². The number of ether oxygens (including phenoxy) is 2. The molecule has 0 aromatic heterocycles. The molecule has 1 aromatic carbocycles. The van der Waals surface area contributed by atoms with E-state index in [1.165, 1.54) is 0 Å². The van der Waals surface area contributed by atoms with Crippen molar-refractivity contribution in [3.05, 3.63) is 54.6 Å². The van der Waals surface area contributed by atoms with Gasteiger partial charge < -0.3 is 19.5 Å². The van der Waals surface area contributed by atoms with Gasteiger partial charge in [0, 0.05) is 22.2 Å². The van der Waals surface area contributed by atoms with Crippen molar-refractivity contribution in [3.8, 4) is 5.75 Å². The number of rotatable bonds is 7. The molecular formula is C35H49NO5. The first-order valence-electron chi connectivity index (χ1n) is 15.6. The summed E-state index contributed by atoms with van der Waals surface area (Å²) in [6, 6.07) is 7.73. The molecule has 1 N–H and O–H groups in total. The zero-order valence-electron chi connectivity index (χ0n) is 25.6. The summed E-state index contributed by atoms with van der Waals surface area (Å²) in [5, 5.41) is 11.7. The molecule has 6 nitrogen and oxygen atoms in total. The summed E-state index contributed by atoms with van der Waals surface area (Å²) in [5.74, 6) is 0.914. The van der Waals surface area contributed by atoms with E-state index in [0.29, 0.717) is 12.3 Å². The van der Waals surface area contributed by atoms with E-state index in [1.807, 2.05) is 37.3 Å². The number of hydrogen-bond donors (Lipinski definition) is 1. The van der Waals surface area contributed by atoms with Gasteiger partial charge in [0.25, 0.3) is 0 Å². The van der Waals surface area contributed by atoms with Gasteiger partial charge in [0.15, 0.2) is 5.78 Å². The van der Waals surface area contributed by atoms with Gasteiger partial charge in [0.1, 0.15) is 11.9 Å². The second-order valence-corrected chi connectivity index (χ2v) is 14.1. The van der Waals surface area contributed by atoms with Crippen LogP contribution in [-0.2, 0) is 20.7 Å². The van der Waals surface area contributed by atoms with Crippen LogP contribution in [-0.4, -0.2) is 60.7 Å². The SMILES string of the molecule is C=C[C@]1(C)C[C@@H](OC(=O)Cc2ccc(OCC3CCN(C)CC3)cc2)[C@]2(C)[C@H](C)CC[C@]3(C=CC(=O)[C@@H]32)[C@@H](C)[C@@H]1O. The van der Waals surface area contributed by atoms with E-state index in [0.717, 1.165) is 56.7 Å². The van der Waals surface area contributed by atoms with Crippen molar-refractivity contribution in [2.24, 2.45) is 39.9 Å². The van der Waals surface area contributed by atoms with Gasteiger partial charge in [0.05, 0.1) is 19.1 Å². The molecule has 3 aliphatic carbocycles. The van der Waals surface area contributed by atoms with Gasteiger partial charge in [-0.15, -0.1) is 6.58 Å². The maximum absolute atomic E-state index is 13.5. The Morgan fingerprint density at radius 2 is 1.83 bits per heavy atom. The Morgan fingerprint density at radius 3 is 2.49 bits per heavy atom. The van der Waals surface area contributed by atoms with Gasteiger partial charge in [0.2, 0.25) is 0 Å². The lowest BCUT2D eigenvalue weighted by molar-refractivity contribution is -0.200. The van der Waals surface area contributed by atoms with Crippen LogP contribution >= 0.6 is 0 Å². The molecule has 0 amide bonds. The maximum Gasteiger partial charge on any atom is 0.310 e. The summed E-state index contributed by atoms with van der Waals surface area (Å²) in [6.45, 7) is 15.4. The van der Waals surface area contributed by atoms with Gasteiger partial charge in [-0.05, 0) is 93.8 Å². The van der Waals surface area contributed by atoms with Crippen molar-refractivity contribution >= 4 is 11.8 Å². The van der Waals surface area contributed by atoms with Gasteiger partial charge in [-0.3, -0.25) is 9.59 Å². The summed E-state index contributed by atoms with van der Waals surface area (Å²) in [7, 11) is 2.16. The van der Waals surface area contributed by atoms with Crippen LogP contribution in [0.4, 0.5) is 0 Å². The number of hydrogen-bond acceptors (Lipinski definition) is 6. The minimum absolute atomic E-state index is 0.0946. The smallest absolute Gasteiger partial charge is 0.310 e. The molecule has 1 saturated heterocycles. The predicted molar refractivity (Wildman–Crippen MR) is 160 cm³/mol. The first-order chi connectivity index (χ1) is 19.4. The Kier molecular flexibility index (Phi) is 8.30. The average molecular weight is 564 g/mol. The minimum atomic E-state index is -0.709. The highest BCUT2D eigenvalue weighted by molar-refractivity contribution is 5.96. The van der Waals surface area contributed by atoms with Crippen LogP contribution in [0.5, 0.6) is 5.75 Å². The Morgan fingerprint density at radius 1 is 1.15 bits per heavy atom. The number of aliphatic hydroxyl groups is 1. The summed E-state index contributed by atoms with van der Waals surface area (Å²) in [6.07, 6.45) is 9.00. The quantitative estimate of drug-likeness (QED) is 0.342. The number of ketones is 1. The van der Waals surface area contributed by atoms with E-state index in [1.54, 1.807) is 6.08 Å². The summed E-state index contributed by atoms with van der Waals surface area (Å²) >= 11 is 0. The van der Waals surface area contributed by atoms with E-state index in [4.69, 9.17) is 9.47 Å². The van der Waals surface area contributed by atoms with Crippen LogP contribution in [0.1, 0.15) is 65.4 Å². The fraction of sp³-hybridized carbons (Fsp3) is 0.657. The lowest BCUT2D eigenvalue weighted by Gasteiger charge is -2.61. The monoisotopic (exact) mass is 563 g/mol. The summed E-state index contributed by atoms with van der Waals surface area (Å²) < 4.78 is 12.4. The molecular weight excluding hydrogens is 514 g/mol. The number of likely N-dealkylation sites (tertiary alicyclic amines) is 1. The average Bonchev–Trinajstić information content (AvgIpc) is 3.32. The molecule has 1 aliphatic heterocycles. The molecule has 5 rings (SSSR count). The summed E-state index contributed by atoms with van der Waals surface area (Å²) in [5.41, 5.74) is -0.801. The lowest BCUT2D eigenvalue weighted by Crippen LogP contribution is -2.63. The van der Waals surface area contributed by atoms with Crippen LogP contribution in [0.3, 0.4) is 0 Å². The van der Waals surface area contributed by atoms with E-state index < -0.39 is 28.5 Å². The highest BCUT2D eigenvalue weighted by Crippen LogP contribution is 2.66. The van der Waals surface area contributed by atoms with Gasteiger partial charge in [-0.25, -0.2) is 0 Å². The number of piperidine rings is 1. The van der Waals surface area contributed by atoms with Crippen molar-refractivity contribution in [2.75, 3.05) is 26.7 Å². The molecule has 2 bridgehead atoms. The largest absolute Gasteiger partial charge is 0.493 e. The molecule has 0 spiro atoms. The number of aliphatic hydroxyl groups excluding tert-OH is 1. The van der Waals surface area contributed by atoms with E-state index >= 15 is 0 Å². The summed E-state index contributed by atoms with van der Waals surface area (Å²) in [4.78, 5) is 29.4. The molecule has 1 aromatic rings. The Bertz CT molecular complexity index is 1170. The predicted octanol–water partition coefficient (Wildman–Crippen LogP) is 5.63. The Labute approximate surface area is 246 Å². The fourth-order valence-electron chi connectivity index (χ4n) is 8.51. The zero-order chi connectivity index (χ0) is 29.6. The molecule has 1 heterocycles. The third-order valence-electron chi connectivity index (χ3n) is 11.7. The van der Waals surface area contributed by atoms with Crippen LogP contribution in [0.15, 0.2) is 49.1 Å². The van der Waals surface area contributed by atoms with Crippen LogP contribution in [0.25, 0.3) is 0 Å². The third-order valence-corrected chi connectivity index (χ3v) is 11.7. The molecule has 41 heavy (non-hydrogen) atoms. The zero-order valence-corrected chi connectivity index (χ0v) is 25.6.